The summed E-state index contributed by atoms with van der Waals surface area (Å²) in [4.78, 5) is 16.4. The van der Waals surface area contributed by atoms with Gasteiger partial charge in [0.1, 0.15) is 12.7 Å². The van der Waals surface area contributed by atoms with Gasteiger partial charge in [-0.2, -0.15) is 5.26 Å². The molecule has 0 bridgehead atoms. The first-order chi connectivity index (χ1) is 8.70. The quantitative estimate of drug-likeness (QED) is 0.546. The van der Waals surface area contributed by atoms with E-state index in [2.05, 4.69) is 9.88 Å². The first kappa shape index (κ1) is 10.8. The van der Waals surface area contributed by atoms with E-state index in [1.165, 1.54) is 6.07 Å². The van der Waals surface area contributed by atoms with Crippen molar-refractivity contribution < 1.29 is 9.66 Å². The molecule has 0 spiro atoms. The van der Waals surface area contributed by atoms with Gasteiger partial charge in [0, 0.05) is 6.54 Å². The van der Waals surface area contributed by atoms with Gasteiger partial charge < -0.3 is 9.64 Å². The lowest BCUT2D eigenvalue weighted by Gasteiger charge is -2.32. The van der Waals surface area contributed by atoms with E-state index in [1.54, 1.807) is 6.07 Å². The van der Waals surface area contributed by atoms with Gasteiger partial charge in [0.05, 0.1) is 17.0 Å². The molecule has 18 heavy (non-hydrogen) atoms. The molecule has 3 heterocycles. The number of pyridine rings is 1. The molecular formula is C11H10N4O3. The van der Waals surface area contributed by atoms with E-state index < -0.39 is 4.92 Å². The Bertz CT molecular complexity index is 566. The van der Waals surface area contributed by atoms with E-state index in [9.17, 15) is 10.1 Å². The second-order valence-corrected chi connectivity index (χ2v) is 4.35. The summed E-state index contributed by atoms with van der Waals surface area (Å²) in [6.07, 6.45) is 2.08. The lowest BCUT2D eigenvalue weighted by molar-refractivity contribution is -0.385. The van der Waals surface area contributed by atoms with Crippen molar-refractivity contribution in [1.82, 2.24) is 4.98 Å². The third-order valence-electron chi connectivity index (χ3n) is 3.33. The maximum absolute atomic E-state index is 10.8. The van der Waals surface area contributed by atoms with E-state index in [-0.39, 0.29) is 17.4 Å². The van der Waals surface area contributed by atoms with Crippen LogP contribution < -0.4 is 9.64 Å². The minimum Gasteiger partial charge on any atom is -0.487 e. The van der Waals surface area contributed by atoms with Crippen LogP contribution in [0, 0.1) is 21.4 Å². The number of anilines is 1. The van der Waals surface area contributed by atoms with Crippen LogP contribution in [0.2, 0.25) is 0 Å². The second-order valence-electron chi connectivity index (χ2n) is 4.35. The van der Waals surface area contributed by atoms with Gasteiger partial charge >= 0.3 is 5.69 Å². The number of aromatic nitrogens is 1. The van der Waals surface area contributed by atoms with Gasteiger partial charge in [0.15, 0.2) is 11.6 Å². The Balaban J connectivity index is 2.13. The molecule has 7 heteroatoms. The predicted octanol–water partition coefficient (Wildman–Crippen LogP) is 1.22. The molecule has 0 amide bonds. The number of nitro groups is 1. The molecule has 1 aromatic heterocycles. The highest BCUT2D eigenvalue weighted by atomic mass is 16.6. The Morgan fingerprint density at radius 3 is 3.22 bits per heavy atom. The molecule has 3 rings (SSSR count). The van der Waals surface area contributed by atoms with Crippen LogP contribution in [0.15, 0.2) is 6.07 Å². The summed E-state index contributed by atoms with van der Waals surface area (Å²) in [6.45, 7) is 1.38. The zero-order chi connectivity index (χ0) is 12.7. The van der Waals surface area contributed by atoms with Gasteiger partial charge in [-0.05, 0) is 12.8 Å². The number of hydrogen-bond acceptors (Lipinski definition) is 6. The highest BCUT2D eigenvalue weighted by Gasteiger charge is 2.35. The summed E-state index contributed by atoms with van der Waals surface area (Å²) in [6, 6.07) is 3.35. The minimum absolute atomic E-state index is 0.157. The Morgan fingerprint density at radius 1 is 1.67 bits per heavy atom. The molecule has 0 radical (unpaired) electrons. The molecule has 0 saturated carbocycles. The fourth-order valence-corrected chi connectivity index (χ4v) is 2.48. The standard InChI is InChI=1S/C11H10N4O3/c12-5-8-9(15(16)17)4-10-11(13-8)14-3-1-2-7(14)6-18-10/h4,7H,1-3,6H2/t7-/m0/s1. The third-order valence-corrected chi connectivity index (χ3v) is 3.33. The van der Waals surface area contributed by atoms with Crippen molar-refractivity contribution in [2.24, 2.45) is 0 Å². The maximum atomic E-state index is 10.8. The van der Waals surface area contributed by atoms with Crippen molar-refractivity contribution in [1.29, 1.82) is 5.26 Å². The van der Waals surface area contributed by atoms with Gasteiger partial charge in [-0.25, -0.2) is 4.98 Å². The second kappa shape index (κ2) is 3.84. The molecule has 1 saturated heterocycles. The smallest absolute Gasteiger partial charge is 0.309 e. The molecule has 0 unspecified atom stereocenters. The molecular weight excluding hydrogens is 236 g/mol. The Morgan fingerprint density at radius 2 is 2.50 bits per heavy atom. The Labute approximate surface area is 103 Å². The zero-order valence-corrected chi connectivity index (χ0v) is 9.50. The topological polar surface area (TPSA) is 92.3 Å². The molecule has 1 atom stereocenters. The van der Waals surface area contributed by atoms with Gasteiger partial charge in [-0.3, -0.25) is 10.1 Å². The van der Waals surface area contributed by atoms with E-state index in [0.29, 0.717) is 18.2 Å². The average molecular weight is 246 g/mol. The van der Waals surface area contributed by atoms with Gasteiger partial charge in [-0.1, -0.05) is 0 Å². The molecule has 7 nitrogen and oxygen atoms in total. The van der Waals surface area contributed by atoms with Crippen LogP contribution in [-0.4, -0.2) is 29.1 Å². The van der Waals surface area contributed by atoms with Gasteiger partial charge in [0.2, 0.25) is 5.69 Å². The van der Waals surface area contributed by atoms with Crippen molar-refractivity contribution in [3.05, 3.63) is 21.9 Å². The van der Waals surface area contributed by atoms with Gasteiger partial charge in [0.25, 0.3) is 0 Å². The van der Waals surface area contributed by atoms with Crippen LogP contribution in [0.5, 0.6) is 5.75 Å². The Hall–Kier alpha value is -2.36. The van der Waals surface area contributed by atoms with Crippen molar-refractivity contribution in [2.45, 2.75) is 18.9 Å². The van der Waals surface area contributed by atoms with Crippen LogP contribution in [0.4, 0.5) is 11.5 Å². The molecule has 1 fully saturated rings. The number of rotatable bonds is 1. The lowest BCUT2D eigenvalue weighted by Crippen LogP contribution is -2.38. The first-order valence-electron chi connectivity index (χ1n) is 5.69. The highest BCUT2D eigenvalue weighted by molar-refractivity contribution is 5.63. The number of fused-ring (bicyclic) bond motifs is 3. The third kappa shape index (κ3) is 1.46. The fourth-order valence-electron chi connectivity index (χ4n) is 2.48. The summed E-state index contributed by atoms with van der Waals surface area (Å²) in [5, 5.41) is 19.8. The monoisotopic (exact) mass is 246 g/mol. The molecule has 2 aliphatic heterocycles. The summed E-state index contributed by atoms with van der Waals surface area (Å²) in [7, 11) is 0. The van der Waals surface area contributed by atoms with Crippen molar-refractivity contribution in [3.63, 3.8) is 0 Å². The average Bonchev–Trinajstić information content (AvgIpc) is 2.85. The first-order valence-corrected chi connectivity index (χ1v) is 5.69. The van der Waals surface area contributed by atoms with E-state index >= 15 is 0 Å². The minimum atomic E-state index is -0.606. The molecule has 0 aliphatic carbocycles. The van der Waals surface area contributed by atoms with Crippen molar-refractivity contribution in [2.75, 3.05) is 18.1 Å². The molecule has 1 aromatic rings. The normalized spacial score (nSPS) is 20.6. The van der Waals surface area contributed by atoms with E-state index in [4.69, 9.17) is 10.00 Å². The van der Waals surface area contributed by atoms with Crippen LogP contribution in [0.25, 0.3) is 0 Å². The zero-order valence-electron chi connectivity index (χ0n) is 9.50. The van der Waals surface area contributed by atoms with E-state index in [1.807, 2.05) is 0 Å². The Kier molecular flexibility index (Phi) is 2.30. The number of nitrogens with zero attached hydrogens (tertiary/aromatic N) is 4. The number of hydrogen-bond donors (Lipinski definition) is 0. The highest BCUT2D eigenvalue weighted by Crippen LogP contribution is 2.39. The SMILES string of the molecule is N#Cc1nc2c(cc1[N+](=O)[O-])OC[C@@H]1CCCN21. The molecule has 2 aliphatic rings. The van der Waals surface area contributed by atoms with Crippen LogP contribution in [0.3, 0.4) is 0 Å². The maximum Gasteiger partial charge on any atom is 0.309 e. The van der Waals surface area contributed by atoms with Crippen molar-refractivity contribution in [3.8, 4) is 11.8 Å². The lowest BCUT2D eigenvalue weighted by atomic mass is 10.2. The van der Waals surface area contributed by atoms with Crippen LogP contribution in [-0.2, 0) is 0 Å². The largest absolute Gasteiger partial charge is 0.487 e. The summed E-state index contributed by atoms with van der Waals surface area (Å²) in [5.74, 6) is 0.963. The van der Waals surface area contributed by atoms with Crippen LogP contribution in [0.1, 0.15) is 18.5 Å². The molecule has 0 aromatic carbocycles. The molecule has 92 valence electrons. The van der Waals surface area contributed by atoms with Gasteiger partial charge in [-0.15, -0.1) is 0 Å². The summed E-state index contributed by atoms with van der Waals surface area (Å²) in [5.41, 5.74) is -0.455. The van der Waals surface area contributed by atoms with Crippen LogP contribution >= 0.6 is 0 Å². The summed E-state index contributed by atoms with van der Waals surface area (Å²) < 4.78 is 5.51. The predicted molar refractivity (Wildman–Crippen MR) is 61.5 cm³/mol. The van der Waals surface area contributed by atoms with Crippen molar-refractivity contribution >= 4 is 11.5 Å². The van der Waals surface area contributed by atoms with E-state index in [0.717, 1.165) is 19.4 Å². The number of ether oxygens (including phenoxy) is 1. The fraction of sp³-hybridized carbons (Fsp3) is 0.455. The molecule has 0 N–H and O–H groups in total. The number of nitriles is 1. The summed E-state index contributed by atoms with van der Waals surface area (Å²) >= 11 is 0.